The van der Waals surface area contributed by atoms with Gasteiger partial charge >= 0.3 is 0 Å². The molecule has 0 saturated heterocycles. The summed E-state index contributed by atoms with van der Waals surface area (Å²) in [6, 6.07) is -0.811. The molecule has 0 fully saturated rings. The molecule has 5 nitrogen and oxygen atoms in total. The molecule has 0 bridgehead atoms. The highest BCUT2D eigenvalue weighted by atomic mass is 16.4. The number of nitrogens with two attached hydrogens (primary N) is 1. The first-order valence-electron chi connectivity index (χ1n) is 3.29. The van der Waals surface area contributed by atoms with E-state index >= 15 is 0 Å². The predicted molar refractivity (Wildman–Crippen MR) is 37.8 cm³/mol. The molecular formula is C6H13NO4. The summed E-state index contributed by atoms with van der Waals surface area (Å²) in [5.41, 5.74) is 5.25. The molecule has 3 unspecified atom stereocenters. The molecule has 0 aromatic carbocycles. The quantitative estimate of drug-likeness (QED) is 0.339. The van der Waals surface area contributed by atoms with Gasteiger partial charge in [-0.05, 0) is 0 Å². The number of carbonyl (C=O) groups excluding carboxylic acids is 1. The summed E-state index contributed by atoms with van der Waals surface area (Å²) >= 11 is 0. The first-order chi connectivity index (χ1) is 5.13. The van der Waals surface area contributed by atoms with Gasteiger partial charge in [0, 0.05) is 12.5 Å². The first-order valence-corrected chi connectivity index (χ1v) is 3.29. The molecule has 0 saturated carbocycles. The predicted octanol–water partition coefficient (Wildman–Crippen LogP) is -2.38. The van der Waals surface area contributed by atoms with Crippen LogP contribution in [0.25, 0.3) is 0 Å². The number of rotatable bonds is 5. The number of aliphatic hydroxyl groups excluding tert-OH is 3. The fourth-order valence-corrected chi connectivity index (χ4v) is 0.644. The average Bonchev–Trinajstić information content (AvgIpc) is 2.02. The van der Waals surface area contributed by atoms with Crippen molar-refractivity contribution in [1.82, 2.24) is 0 Å². The van der Waals surface area contributed by atoms with Crippen molar-refractivity contribution in [1.29, 1.82) is 0 Å². The zero-order valence-corrected chi connectivity index (χ0v) is 6.05. The molecule has 5 N–H and O–H groups in total. The third-order valence-electron chi connectivity index (χ3n) is 1.39. The van der Waals surface area contributed by atoms with Crippen molar-refractivity contribution in [3.05, 3.63) is 0 Å². The molecule has 11 heavy (non-hydrogen) atoms. The largest absolute Gasteiger partial charge is 0.394 e. The SMILES string of the molecule is NC(CC=O)C(O)C(O)CO. The molecule has 3 atom stereocenters. The van der Waals surface area contributed by atoms with Gasteiger partial charge in [0.2, 0.25) is 0 Å². The Morgan fingerprint density at radius 3 is 2.36 bits per heavy atom. The second kappa shape index (κ2) is 5.20. The third kappa shape index (κ3) is 3.43. The molecular weight excluding hydrogens is 150 g/mol. The maximum Gasteiger partial charge on any atom is 0.121 e. The first kappa shape index (κ1) is 10.5. The van der Waals surface area contributed by atoms with E-state index in [1.54, 1.807) is 0 Å². The minimum absolute atomic E-state index is 0.0295. The van der Waals surface area contributed by atoms with Crippen molar-refractivity contribution in [3.63, 3.8) is 0 Å². The molecule has 0 heterocycles. The number of aliphatic hydroxyl groups is 3. The molecule has 0 aliphatic rings. The normalized spacial score (nSPS) is 18.9. The minimum Gasteiger partial charge on any atom is -0.394 e. The summed E-state index contributed by atoms with van der Waals surface area (Å²) in [6.07, 6.45) is -1.99. The van der Waals surface area contributed by atoms with Crippen LogP contribution in [-0.2, 0) is 4.79 Å². The highest BCUT2D eigenvalue weighted by molar-refractivity contribution is 5.50. The van der Waals surface area contributed by atoms with Crippen LogP contribution in [0.3, 0.4) is 0 Å². The summed E-state index contributed by atoms with van der Waals surface area (Å²) in [6.45, 7) is -0.562. The number of aldehydes is 1. The van der Waals surface area contributed by atoms with E-state index in [1.807, 2.05) is 0 Å². The highest BCUT2D eigenvalue weighted by Crippen LogP contribution is 1.99. The van der Waals surface area contributed by atoms with Gasteiger partial charge in [-0.15, -0.1) is 0 Å². The van der Waals surface area contributed by atoms with Gasteiger partial charge in [-0.2, -0.15) is 0 Å². The summed E-state index contributed by atoms with van der Waals surface area (Å²) < 4.78 is 0. The van der Waals surface area contributed by atoms with Gasteiger partial charge in [-0.3, -0.25) is 0 Å². The smallest absolute Gasteiger partial charge is 0.121 e. The van der Waals surface area contributed by atoms with Crippen LogP contribution in [0.5, 0.6) is 0 Å². The van der Waals surface area contributed by atoms with E-state index in [0.717, 1.165) is 0 Å². The van der Waals surface area contributed by atoms with Crippen LogP contribution in [0.4, 0.5) is 0 Å². The lowest BCUT2D eigenvalue weighted by Crippen LogP contribution is -2.44. The molecule has 0 aliphatic carbocycles. The van der Waals surface area contributed by atoms with Crippen molar-refractivity contribution in [2.75, 3.05) is 6.61 Å². The standard InChI is InChI=1S/C6H13NO4/c7-4(1-2-8)6(11)5(10)3-9/h2,4-6,9-11H,1,3,7H2. The minimum atomic E-state index is -1.27. The van der Waals surface area contributed by atoms with E-state index in [9.17, 15) is 4.79 Å². The summed E-state index contributed by atoms with van der Waals surface area (Å²) in [5, 5.41) is 26.2. The molecule has 0 radical (unpaired) electrons. The van der Waals surface area contributed by atoms with Crippen LogP contribution in [0.1, 0.15) is 6.42 Å². The van der Waals surface area contributed by atoms with Gasteiger partial charge in [-0.1, -0.05) is 0 Å². The Hall–Kier alpha value is -0.490. The van der Waals surface area contributed by atoms with Gasteiger partial charge in [0.25, 0.3) is 0 Å². The van der Waals surface area contributed by atoms with Gasteiger partial charge in [-0.25, -0.2) is 0 Å². The second-order valence-corrected chi connectivity index (χ2v) is 2.31. The van der Waals surface area contributed by atoms with E-state index in [2.05, 4.69) is 0 Å². The summed E-state index contributed by atoms with van der Waals surface area (Å²) in [4.78, 5) is 9.90. The van der Waals surface area contributed by atoms with Gasteiger partial charge in [0.05, 0.1) is 12.7 Å². The molecule has 0 spiro atoms. The lowest BCUT2D eigenvalue weighted by Gasteiger charge is -2.20. The average molecular weight is 163 g/mol. The van der Waals surface area contributed by atoms with E-state index in [4.69, 9.17) is 21.1 Å². The number of hydrogen-bond acceptors (Lipinski definition) is 5. The van der Waals surface area contributed by atoms with Crippen molar-refractivity contribution in [3.8, 4) is 0 Å². The zero-order valence-electron chi connectivity index (χ0n) is 6.05. The Kier molecular flexibility index (Phi) is 4.97. The molecule has 0 rings (SSSR count). The molecule has 66 valence electrons. The topological polar surface area (TPSA) is 104 Å². The Bertz CT molecular complexity index is 119. The van der Waals surface area contributed by atoms with Crippen LogP contribution in [0, 0.1) is 0 Å². The van der Waals surface area contributed by atoms with Gasteiger partial charge < -0.3 is 25.8 Å². The Morgan fingerprint density at radius 1 is 1.45 bits per heavy atom. The van der Waals surface area contributed by atoms with Gasteiger partial charge in [0.1, 0.15) is 12.4 Å². The zero-order chi connectivity index (χ0) is 8.85. The van der Waals surface area contributed by atoms with Crippen LogP contribution in [0.2, 0.25) is 0 Å². The number of hydrogen-bond donors (Lipinski definition) is 4. The van der Waals surface area contributed by atoms with E-state index in [-0.39, 0.29) is 6.42 Å². The lowest BCUT2D eigenvalue weighted by atomic mass is 10.0. The van der Waals surface area contributed by atoms with Crippen molar-refractivity contribution in [2.24, 2.45) is 5.73 Å². The fraction of sp³-hybridized carbons (Fsp3) is 0.833. The molecule has 0 amide bonds. The van der Waals surface area contributed by atoms with Gasteiger partial charge in [0.15, 0.2) is 0 Å². The monoisotopic (exact) mass is 163 g/mol. The Balaban J connectivity index is 3.79. The maximum absolute atomic E-state index is 9.90. The van der Waals surface area contributed by atoms with E-state index < -0.39 is 24.9 Å². The summed E-state index contributed by atoms with van der Waals surface area (Å²) in [5.74, 6) is 0. The van der Waals surface area contributed by atoms with Crippen molar-refractivity contribution >= 4 is 6.29 Å². The number of carbonyl (C=O) groups is 1. The maximum atomic E-state index is 9.90. The van der Waals surface area contributed by atoms with Crippen LogP contribution < -0.4 is 5.73 Å². The van der Waals surface area contributed by atoms with Crippen LogP contribution in [-0.4, -0.2) is 46.5 Å². The molecule has 5 heteroatoms. The Labute approximate surface area is 64.4 Å². The van der Waals surface area contributed by atoms with Crippen molar-refractivity contribution in [2.45, 2.75) is 24.7 Å². The lowest BCUT2D eigenvalue weighted by molar-refractivity contribution is -0.109. The fourth-order valence-electron chi connectivity index (χ4n) is 0.644. The van der Waals surface area contributed by atoms with Crippen LogP contribution >= 0.6 is 0 Å². The summed E-state index contributed by atoms with van der Waals surface area (Å²) in [7, 11) is 0. The molecule has 0 aromatic rings. The second-order valence-electron chi connectivity index (χ2n) is 2.31. The Morgan fingerprint density at radius 2 is 2.00 bits per heavy atom. The molecule has 0 aromatic heterocycles. The van der Waals surface area contributed by atoms with E-state index in [0.29, 0.717) is 6.29 Å². The highest BCUT2D eigenvalue weighted by Gasteiger charge is 2.21. The van der Waals surface area contributed by atoms with Crippen molar-refractivity contribution < 1.29 is 20.1 Å². The third-order valence-corrected chi connectivity index (χ3v) is 1.39. The van der Waals surface area contributed by atoms with Crippen LogP contribution in [0.15, 0.2) is 0 Å². The molecule has 0 aliphatic heterocycles. The van der Waals surface area contributed by atoms with E-state index in [1.165, 1.54) is 0 Å².